The molecular weight excluding hydrogens is 338 g/mol. The van der Waals surface area contributed by atoms with Gasteiger partial charge in [-0.3, -0.25) is 0 Å². The second-order valence-corrected chi connectivity index (χ2v) is 6.13. The van der Waals surface area contributed by atoms with E-state index < -0.39 is 0 Å². The molecule has 0 aliphatic carbocycles. The summed E-state index contributed by atoms with van der Waals surface area (Å²) in [6.45, 7) is 4.16. The zero-order valence-corrected chi connectivity index (χ0v) is 13.8. The number of aliphatic hydroxyl groups excluding tert-OH is 1. The van der Waals surface area contributed by atoms with Gasteiger partial charge in [0.2, 0.25) is 0 Å². The van der Waals surface area contributed by atoms with Gasteiger partial charge in [0.05, 0.1) is 17.7 Å². The van der Waals surface area contributed by atoms with Crippen LogP contribution in [0.4, 0.5) is 5.69 Å². The van der Waals surface area contributed by atoms with E-state index >= 15 is 0 Å². The predicted molar refractivity (Wildman–Crippen MR) is 88.5 cm³/mol. The van der Waals surface area contributed by atoms with Gasteiger partial charge in [0, 0.05) is 10.2 Å². The van der Waals surface area contributed by atoms with E-state index in [-0.39, 0.29) is 12.6 Å². The van der Waals surface area contributed by atoms with Crippen molar-refractivity contribution in [3.63, 3.8) is 0 Å². The van der Waals surface area contributed by atoms with E-state index in [0.717, 1.165) is 15.7 Å². The number of aliphatic hydroxyl groups is 1. The van der Waals surface area contributed by atoms with Crippen molar-refractivity contribution in [1.82, 2.24) is 0 Å². The van der Waals surface area contributed by atoms with Gasteiger partial charge in [0.25, 0.3) is 0 Å². The van der Waals surface area contributed by atoms with Gasteiger partial charge in [-0.1, -0.05) is 35.4 Å². The smallest absolute Gasteiger partial charge is 0.0747 e. The fourth-order valence-corrected chi connectivity index (χ4v) is 2.72. The summed E-state index contributed by atoms with van der Waals surface area (Å²) in [5, 5.41) is 13.7. The highest BCUT2D eigenvalue weighted by molar-refractivity contribution is 9.10. The van der Waals surface area contributed by atoms with E-state index in [2.05, 4.69) is 53.3 Å². The van der Waals surface area contributed by atoms with E-state index in [1.807, 2.05) is 18.2 Å². The van der Waals surface area contributed by atoms with Gasteiger partial charge in [-0.15, -0.1) is 0 Å². The quantitative estimate of drug-likeness (QED) is 0.821. The average Bonchev–Trinajstić information content (AvgIpc) is 2.41. The summed E-state index contributed by atoms with van der Waals surface area (Å²) in [7, 11) is 0. The van der Waals surface area contributed by atoms with Crippen LogP contribution in [0.1, 0.15) is 22.7 Å². The Morgan fingerprint density at radius 3 is 2.55 bits per heavy atom. The summed E-state index contributed by atoms with van der Waals surface area (Å²) in [6.07, 6.45) is 0. The molecule has 1 unspecified atom stereocenters. The highest BCUT2D eigenvalue weighted by atomic mass is 79.9. The molecular formula is C16H17BrClNO. The molecule has 0 aliphatic heterocycles. The summed E-state index contributed by atoms with van der Waals surface area (Å²) in [5.41, 5.74) is 4.41. The third kappa shape index (κ3) is 3.54. The van der Waals surface area contributed by atoms with Crippen molar-refractivity contribution >= 4 is 33.2 Å². The summed E-state index contributed by atoms with van der Waals surface area (Å²) < 4.78 is 0.835. The largest absolute Gasteiger partial charge is 0.394 e. The number of rotatable bonds is 4. The Bertz CT molecular complexity index is 615. The SMILES string of the molecule is Cc1ccc(C(CO)Nc2ccc(Cl)c(Br)c2)c(C)c1. The fraction of sp³-hybridized carbons (Fsp3) is 0.250. The van der Waals surface area contributed by atoms with Crippen molar-refractivity contribution in [3.05, 3.63) is 62.6 Å². The van der Waals surface area contributed by atoms with E-state index in [1.54, 1.807) is 0 Å². The number of aryl methyl sites for hydroxylation is 2. The highest BCUT2D eigenvalue weighted by Gasteiger charge is 2.13. The molecule has 0 bridgehead atoms. The first-order valence-electron chi connectivity index (χ1n) is 6.41. The van der Waals surface area contributed by atoms with Crippen molar-refractivity contribution in [2.45, 2.75) is 19.9 Å². The monoisotopic (exact) mass is 353 g/mol. The Hall–Kier alpha value is -1.03. The maximum absolute atomic E-state index is 9.66. The maximum Gasteiger partial charge on any atom is 0.0747 e. The molecule has 2 aromatic rings. The minimum Gasteiger partial charge on any atom is -0.394 e. The summed E-state index contributed by atoms with van der Waals surface area (Å²) in [6, 6.07) is 11.7. The lowest BCUT2D eigenvalue weighted by atomic mass is 9.99. The molecule has 0 radical (unpaired) electrons. The normalized spacial score (nSPS) is 12.2. The van der Waals surface area contributed by atoms with Crippen LogP contribution in [0, 0.1) is 13.8 Å². The number of anilines is 1. The van der Waals surface area contributed by atoms with Crippen LogP contribution < -0.4 is 5.32 Å². The van der Waals surface area contributed by atoms with Crippen molar-refractivity contribution in [2.24, 2.45) is 0 Å². The molecule has 2 rings (SSSR count). The van der Waals surface area contributed by atoms with Gasteiger partial charge in [0.1, 0.15) is 0 Å². The molecule has 0 heterocycles. The summed E-state index contributed by atoms with van der Waals surface area (Å²) >= 11 is 9.39. The number of benzene rings is 2. The summed E-state index contributed by atoms with van der Waals surface area (Å²) in [4.78, 5) is 0. The first-order chi connectivity index (χ1) is 9.51. The number of halogens is 2. The summed E-state index contributed by atoms with van der Waals surface area (Å²) in [5.74, 6) is 0. The molecule has 2 N–H and O–H groups in total. The second kappa shape index (κ2) is 6.61. The van der Waals surface area contributed by atoms with Crippen LogP contribution in [0.3, 0.4) is 0 Å². The van der Waals surface area contributed by atoms with Gasteiger partial charge < -0.3 is 10.4 Å². The van der Waals surface area contributed by atoms with Crippen LogP contribution >= 0.6 is 27.5 Å². The Morgan fingerprint density at radius 1 is 1.20 bits per heavy atom. The Kier molecular flexibility index (Phi) is 5.08. The molecule has 1 atom stereocenters. The Morgan fingerprint density at radius 2 is 1.95 bits per heavy atom. The highest BCUT2D eigenvalue weighted by Crippen LogP contribution is 2.28. The third-order valence-electron chi connectivity index (χ3n) is 3.24. The van der Waals surface area contributed by atoms with Crippen LogP contribution in [0.15, 0.2) is 40.9 Å². The molecule has 0 saturated heterocycles. The van der Waals surface area contributed by atoms with Gasteiger partial charge in [-0.05, 0) is 59.1 Å². The molecule has 106 valence electrons. The van der Waals surface area contributed by atoms with Crippen molar-refractivity contribution in [1.29, 1.82) is 0 Å². The Balaban J connectivity index is 2.26. The molecule has 0 saturated carbocycles. The standard InChI is InChI=1S/C16H17BrClNO/c1-10-3-5-13(11(2)7-10)16(9-20)19-12-4-6-15(18)14(17)8-12/h3-8,16,19-20H,9H2,1-2H3. The molecule has 0 aromatic heterocycles. The zero-order chi connectivity index (χ0) is 14.7. The molecule has 20 heavy (non-hydrogen) atoms. The van der Waals surface area contributed by atoms with Gasteiger partial charge in [0.15, 0.2) is 0 Å². The van der Waals surface area contributed by atoms with Crippen LogP contribution in [0.5, 0.6) is 0 Å². The first-order valence-corrected chi connectivity index (χ1v) is 7.58. The van der Waals surface area contributed by atoms with E-state index in [9.17, 15) is 5.11 Å². The lowest BCUT2D eigenvalue weighted by Crippen LogP contribution is -2.16. The van der Waals surface area contributed by atoms with E-state index in [4.69, 9.17) is 11.6 Å². The van der Waals surface area contributed by atoms with Crippen LogP contribution in [-0.2, 0) is 0 Å². The lowest BCUT2D eigenvalue weighted by Gasteiger charge is -2.20. The number of hydrogen-bond acceptors (Lipinski definition) is 2. The van der Waals surface area contributed by atoms with E-state index in [1.165, 1.54) is 11.1 Å². The topological polar surface area (TPSA) is 32.3 Å². The third-order valence-corrected chi connectivity index (χ3v) is 4.46. The van der Waals surface area contributed by atoms with Gasteiger partial charge in [-0.2, -0.15) is 0 Å². The molecule has 0 aliphatic rings. The van der Waals surface area contributed by atoms with Gasteiger partial charge in [-0.25, -0.2) is 0 Å². The van der Waals surface area contributed by atoms with Crippen LogP contribution in [0.2, 0.25) is 5.02 Å². The van der Waals surface area contributed by atoms with Crippen LogP contribution in [-0.4, -0.2) is 11.7 Å². The Labute approximate surface area is 132 Å². The number of nitrogens with one attached hydrogen (secondary N) is 1. The minimum atomic E-state index is -0.135. The zero-order valence-electron chi connectivity index (χ0n) is 11.5. The maximum atomic E-state index is 9.66. The average molecular weight is 355 g/mol. The van der Waals surface area contributed by atoms with Crippen LogP contribution in [0.25, 0.3) is 0 Å². The fourth-order valence-electron chi connectivity index (χ4n) is 2.23. The first kappa shape index (κ1) is 15.4. The second-order valence-electron chi connectivity index (χ2n) is 4.87. The molecule has 0 spiro atoms. The molecule has 0 fully saturated rings. The predicted octanol–water partition coefficient (Wildman–Crippen LogP) is 4.86. The van der Waals surface area contributed by atoms with Crippen molar-refractivity contribution in [2.75, 3.05) is 11.9 Å². The molecule has 4 heteroatoms. The van der Waals surface area contributed by atoms with Gasteiger partial charge >= 0.3 is 0 Å². The molecule has 0 amide bonds. The minimum absolute atomic E-state index is 0.0319. The number of hydrogen-bond donors (Lipinski definition) is 2. The van der Waals surface area contributed by atoms with Crippen molar-refractivity contribution in [3.8, 4) is 0 Å². The van der Waals surface area contributed by atoms with E-state index in [0.29, 0.717) is 5.02 Å². The molecule has 2 nitrogen and oxygen atoms in total. The molecule has 2 aromatic carbocycles. The van der Waals surface area contributed by atoms with Crippen molar-refractivity contribution < 1.29 is 5.11 Å². The lowest BCUT2D eigenvalue weighted by molar-refractivity contribution is 0.276.